The second-order valence-electron chi connectivity index (χ2n) is 4.58. The van der Waals surface area contributed by atoms with Crippen LogP contribution in [-0.4, -0.2) is 19.3 Å². The van der Waals surface area contributed by atoms with Gasteiger partial charge in [0.25, 0.3) is 0 Å². The summed E-state index contributed by atoms with van der Waals surface area (Å²) in [5, 5.41) is 0. The molecule has 0 bridgehead atoms. The summed E-state index contributed by atoms with van der Waals surface area (Å²) >= 11 is 0. The predicted octanol–water partition coefficient (Wildman–Crippen LogP) is 3.63. The molecule has 0 aliphatic carbocycles. The molecular formula is C17H16O2. The van der Waals surface area contributed by atoms with Crippen molar-refractivity contribution in [2.45, 2.75) is 6.10 Å². The van der Waals surface area contributed by atoms with E-state index in [-0.39, 0.29) is 0 Å². The van der Waals surface area contributed by atoms with E-state index in [4.69, 9.17) is 9.47 Å². The van der Waals surface area contributed by atoms with E-state index >= 15 is 0 Å². The van der Waals surface area contributed by atoms with Crippen LogP contribution in [0.15, 0.2) is 54.6 Å². The summed E-state index contributed by atoms with van der Waals surface area (Å²) in [5.74, 6) is 0.896. The number of hydrogen-bond donors (Lipinski definition) is 0. The van der Waals surface area contributed by atoms with Gasteiger partial charge in [0.2, 0.25) is 0 Å². The van der Waals surface area contributed by atoms with E-state index in [2.05, 4.69) is 36.4 Å². The van der Waals surface area contributed by atoms with Gasteiger partial charge in [0.05, 0.1) is 6.61 Å². The molecule has 1 aliphatic rings. The van der Waals surface area contributed by atoms with Crippen LogP contribution in [0.2, 0.25) is 0 Å². The first-order valence-electron chi connectivity index (χ1n) is 6.48. The van der Waals surface area contributed by atoms with E-state index in [1.54, 1.807) is 0 Å². The molecule has 1 aliphatic heterocycles. The van der Waals surface area contributed by atoms with Gasteiger partial charge in [-0.2, -0.15) is 0 Å². The molecule has 1 fully saturated rings. The van der Waals surface area contributed by atoms with Crippen molar-refractivity contribution in [3.05, 3.63) is 65.7 Å². The average molecular weight is 252 g/mol. The summed E-state index contributed by atoms with van der Waals surface area (Å²) in [6, 6.07) is 18.4. The first-order chi connectivity index (χ1) is 9.40. The van der Waals surface area contributed by atoms with Gasteiger partial charge in [-0.3, -0.25) is 0 Å². The largest absolute Gasteiger partial charge is 0.491 e. The van der Waals surface area contributed by atoms with Crippen molar-refractivity contribution in [1.29, 1.82) is 0 Å². The molecule has 2 aromatic rings. The van der Waals surface area contributed by atoms with Crippen LogP contribution < -0.4 is 4.74 Å². The van der Waals surface area contributed by atoms with Gasteiger partial charge in [0.1, 0.15) is 18.5 Å². The highest BCUT2D eigenvalue weighted by atomic mass is 16.6. The molecule has 0 N–H and O–H groups in total. The van der Waals surface area contributed by atoms with Crippen LogP contribution in [0.3, 0.4) is 0 Å². The molecular weight excluding hydrogens is 236 g/mol. The lowest BCUT2D eigenvalue weighted by Crippen LogP contribution is -2.03. The Morgan fingerprint density at radius 1 is 0.947 bits per heavy atom. The van der Waals surface area contributed by atoms with E-state index in [0.29, 0.717) is 12.7 Å². The zero-order valence-corrected chi connectivity index (χ0v) is 10.7. The van der Waals surface area contributed by atoms with Gasteiger partial charge in [0.15, 0.2) is 0 Å². The van der Waals surface area contributed by atoms with Crippen LogP contribution in [0.5, 0.6) is 5.75 Å². The van der Waals surface area contributed by atoms with Crippen molar-refractivity contribution in [2.75, 3.05) is 13.2 Å². The lowest BCUT2D eigenvalue weighted by molar-refractivity contribution is 0.263. The van der Waals surface area contributed by atoms with Crippen molar-refractivity contribution >= 4 is 12.2 Å². The van der Waals surface area contributed by atoms with E-state index in [1.807, 2.05) is 30.3 Å². The summed E-state index contributed by atoms with van der Waals surface area (Å²) in [5.41, 5.74) is 2.37. The Bertz CT molecular complexity index is 539. The molecule has 0 aromatic heterocycles. The summed E-state index contributed by atoms with van der Waals surface area (Å²) in [7, 11) is 0. The van der Waals surface area contributed by atoms with E-state index < -0.39 is 0 Å². The third kappa shape index (κ3) is 3.70. The Kier molecular flexibility index (Phi) is 3.61. The molecule has 3 rings (SSSR count). The summed E-state index contributed by atoms with van der Waals surface area (Å²) in [4.78, 5) is 0. The predicted molar refractivity (Wildman–Crippen MR) is 77.0 cm³/mol. The zero-order chi connectivity index (χ0) is 12.9. The third-order valence-electron chi connectivity index (χ3n) is 2.99. The normalized spacial score (nSPS) is 17.6. The van der Waals surface area contributed by atoms with Crippen LogP contribution in [-0.2, 0) is 4.74 Å². The zero-order valence-electron chi connectivity index (χ0n) is 10.7. The molecule has 1 unspecified atom stereocenters. The monoisotopic (exact) mass is 252 g/mol. The van der Waals surface area contributed by atoms with Crippen LogP contribution in [0.4, 0.5) is 0 Å². The SMILES string of the molecule is C(=C\c1ccc(OCC2CO2)cc1)/c1ccccc1. The molecule has 2 aromatic carbocycles. The molecule has 96 valence electrons. The summed E-state index contributed by atoms with van der Waals surface area (Å²) in [6.45, 7) is 1.48. The fourth-order valence-corrected chi connectivity index (χ4v) is 1.79. The minimum atomic E-state index is 0.303. The van der Waals surface area contributed by atoms with Crippen molar-refractivity contribution in [2.24, 2.45) is 0 Å². The molecule has 2 heteroatoms. The number of hydrogen-bond acceptors (Lipinski definition) is 2. The molecule has 0 saturated carbocycles. The lowest BCUT2D eigenvalue weighted by atomic mass is 10.1. The number of ether oxygens (including phenoxy) is 2. The highest BCUT2D eigenvalue weighted by molar-refractivity contribution is 5.69. The van der Waals surface area contributed by atoms with E-state index in [0.717, 1.165) is 12.4 Å². The number of rotatable bonds is 5. The fourth-order valence-electron chi connectivity index (χ4n) is 1.79. The Hall–Kier alpha value is -2.06. The minimum absolute atomic E-state index is 0.303. The van der Waals surface area contributed by atoms with Crippen molar-refractivity contribution in [3.8, 4) is 5.75 Å². The van der Waals surface area contributed by atoms with Gasteiger partial charge in [-0.15, -0.1) is 0 Å². The van der Waals surface area contributed by atoms with E-state index in [1.165, 1.54) is 11.1 Å². The van der Waals surface area contributed by atoms with Crippen LogP contribution in [0.25, 0.3) is 12.2 Å². The van der Waals surface area contributed by atoms with Crippen molar-refractivity contribution in [3.63, 3.8) is 0 Å². The van der Waals surface area contributed by atoms with Crippen molar-refractivity contribution in [1.82, 2.24) is 0 Å². The Morgan fingerprint density at radius 3 is 2.21 bits per heavy atom. The summed E-state index contributed by atoms with van der Waals surface area (Å²) in [6.07, 6.45) is 4.51. The van der Waals surface area contributed by atoms with Crippen LogP contribution >= 0.6 is 0 Å². The van der Waals surface area contributed by atoms with Gasteiger partial charge in [0, 0.05) is 0 Å². The van der Waals surface area contributed by atoms with Crippen molar-refractivity contribution < 1.29 is 9.47 Å². The standard InChI is InChI=1S/C17H16O2/c1-2-4-14(5-3-1)6-7-15-8-10-16(11-9-15)18-12-17-13-19-17/h1-11,17H,12-13H2/b7-6+. The quantitative estimate of drug-likeness (QED) is 0.598. The highest BCUT2D eigenvalue weighted by Crippen LogP contribution is 2.17. The van der Waals surface area contributed by atoms with Crippen LogP contribution in [0.1, 0.15) is 11.1 Å². The molecule has 2 nitrogen and oxygen atoms in total. The number of epoxide rings is 1. The fraction of sp³-hybridized carbons (Fsp3) is 0.176. The maximum atomic E-state index is 5.60. The summed E-state index contributed by atoms with van der Waals surface area (Å²) < 4.78 is 10.7. The smallest absolute Gasteiger partial charge is 0.119 e. The molecule has 0 spiro atoms. The Labute approximate surface area is 113 Å². The van der Waals surface area contributed by atoms with Crippen LogP contribution in [0, 0.1) is 0 Å². The molecule has 1 atom stereocenters. The van der Waals surface area contributed by atoms with Gasteiger partial charge in [-0.1, -0.05) is 54.6 Å². The molecule has 19 heavy (non-hydrogen) atoms. The number of benzene rings is 2. The third-order valence-corrected chi connectivity index (χ3v) is 2.99. The second kappa shape index (κ2) is 5.72. The first kappa shape index (κ1) is 12.0. The minimum Gasteiger partial charge on any atom is -0.491 e. The molecule has 1 saturated heterocycles. The maximum absolute atomic E-state index is 5.60. The average Bonchev–Trinajstić information content (AvgIpc) is 3.29. The molecule has 1 heterocycles. The lowest BCUT2D eigenvalue weighted by Gasteiger charge is -2.03. The maximum Gasteiger partial charge on any atom is 0.119 e. The van der Waals surface area contributed by atoms with Gasteiger partial charge < -0.3 is 9.47 Å². The van der Waals surface area contributed by atoms with Gasteiger partial charge in [-0.05, 0) is 23.3 Å². The van der Waals surface area contributed by atoms with Gasteiger partial charge >= 0.3 is 0 Å². The molecule has 0 radical (unpaired) electrons. The van der Waals surface area contributed by atoms with E-state index in [9.17, 15) is 0 Å². The second-order valence-corrected chi connectivity index (χ2v) is 4.58. The van der Waals surface area contributed by atoms with Gasteiger partial charge in [-0.25, -0.2) is 0 Å². The molecule has 0 amide bonds. The topological polar surface area (TPSA) is 21.8 Å². The highest BCUT2D eigenvalue weighted by Gasteiger charge is 2.22. The Morgan fingerprint density at radius 2 is 1.58 bits per heavy atom. The Balaban J connectivity index is 1.60. The first-order valence-corrected chi connectivity index (χ1v) is 6.48.